The molecular weight excluding hydrogens is 354 g/mol. The Hall–Kier alpha value is -1.75. The molecule has 2 atom stereocenters. The van der Waals surface area contributed by atoms with E-state index < -0.39 is 21.9 Å². The summed E-state index contributed by atoms with van der Waals surface area (Å²) in [6, 6.07) is -1.27. The molecule has 11 heteroatoms. The topological polar surface area (TPSA) is 104 Å². The second-order valence-corrected chi connectivity index (χ2v) is 9.18. The van der Waals surface area contributed by atoms with E-state index in [-0.39, 0.29) is 23.4 Å². The van der Waals surface area contributed by atoms with Gasteiger partial charge in [0.15, 0.2) is 9.84 Å². The molecule has 3 amide bonds. The Morgan fingerprint density at radius 2 is 1.75 bits per heavy atom. The molecule has 3 rings (SSSR count). The number of aromatic nitrogens is 2. The third-order valence-electron chi connectivity index (χ3n) is 4.41. The van der Waals surface area contributed by atoms with E-state index in [2.05, 4.69) is 9.59 Å². The lowest BCUT2D eigenvalue weighted by Gasteiger charge is -2.44. The van der Waals surface area contributed by atoms with Gasteiger partial charge in [-0.05, 0) is 18.5 Å². The molecule has 2 saturated heterocycles. The Kier molecular flexibility index (Phi) is 4.24. The first-order valence-corrected chi connectivity index (χ1v) is 10.1. The molecule has 0 radical (unpaired) electrons. The molecule has 0 saturated carbocycles. The van der Waals surface area contributed by atoms with Crippen LogP contribution in [-0.2, 0) is 9.84 Å². The number of amides is 3. The zero-order valence-electron chi connectivity index (χ0n) is 13.7. The molecule has 1 aromatic heterocycles. The van der Waals surface area contributed by atoms with Crippen LogP contribution in [-0.4, -0.2) is 95.4 Å². The summed E-state index contributed by atoms with van der Waals surface area (Å²) < 4.78 is 28.1. The maximum absolute atomic E-state index is 12.8. The van der Waals surface area contributed by atoms with Crippen molar-refractivity contribution in [1.82, 2.24) is 24.3 Å². The number of aryl methyl sites for hydroxylation is 1. The Bertz CT molecular complexity index is 775. The van der Waals surface area contributed by atoms with Crippen molar-refractivity contribution in [3.8, 4) is 0 Å². The minimum atomic E-state index is -3.30. The molecule has 132 valence electrons. The van der Waals surface area contributed by atoms with Crippen molar-refractivity contribution in [2.45, 2.75) is 19.0 Å². The van der Waals surface area contributed by atoms with Crippen LogP contribution >= 0.6 is 11.5 Å². The number of carbonyl (C=O) groups excluding carboxylic acids is 2. The lowest BCUT2D eigenvalue weighted by molar-refractivity contribution is 0.0396. The molecule has 0 bridgehead atoms. The number of hydrogen-bond acceptors (Lipinski definition) is 7. The normalized spacial score (nSPS) is 25.5. The number of hydrogen-bond donors (Lipinski definition) is 0. The van der Waals surface area contributed by atoms with Gasteiger partial charge in [-0.1, -0.05) is 4.49 Å². The van der Waals surface area contributed by atoms with Gasteiger partial charge in [0.1, 0.15) is 4.88 Å². The molecule has 2 aliphatic rings. The van der Waals surface area contributed by atoms with Gasteiger partial charge in [0.2, 0.25) is 0 Å². The van der Waals surface area contributed by atoms with Gasteiger partial charge in [-0.2, -0.15) is 0 Å². The molecule has 3 heterocycles. The van der Waals surface area contributed by atoms with Crippen molar-refractivity contribution >= 4 is 33.3 Å². The highest BCUT2D eigenvalue weighted by Gasteiger charge is 2.50. The van der Waals surface area contributed by atoms with E-state index in [9.17, 15) is 18.0 Å². The second-order valence-electron chi connectivity index (χ2n) is 6.27. The molecule has 0 N–H and O–H groups in total. The summed E-state index contributed by atoms with van der Waals surface area (Å²) in [4.78, 5) is 30.1. The van der Waals surface area contributed by atoms with Crippen LogP contribution < -0.4 is 0 Å². The molecule has 24 heavy (non-hydrogen) atoms. The number of nitrogens with zero attached hydrogens (tertiary/aromatic N) is 5. The van der Waals surface area contributed by atoms with E-state index in [0.29, 0.717) is 23.7 Å². The number of fused-ring (bicyclic) bond motifs is 1. The maximum atomic E-state index is 12.8. The van der Waals surface area contributed by atoms with E-state index in [0.717, 1.165) is 11.5 Å². The zero-order valence-corrected chi connectivity index (χ0v) is 15.3. The van der Waals surface area contributed by atoms with Crippen molar-refractivity contribution in [2.24, 2.45) is 0 Å². The molecule has 0 spiro atoms. The van der Waals surface area contributed by atoms with E-state index >= 15 is 0 Å². The van der Waals surface area contributed by atoms with E-state index in [1.54, 1.807) is 30.8 Å². The molecular formula is C13H19N5O4S2. The summed E-state index contributed by atoms with van der Waals surface area (Å²) in [6.07, 6.45) is 0. The summed E-state index contributed by atoms with van der Waals surface area (Å²) in [5, 5.41) is 3.84. The van der Waals surface area contributed by atoms with Crippen LogP contribution in [0.4, 0.5) is 4.79 Å². The molecule has 2 aliphatic heterocycles. The molecule has 0 unspecified atom stereocenters. The lowest BCUT2D eigenvalue weighted by atomic mass is 10.0. The lowest BCUT2D eigenvalue weighted by Crippen LogP contribution is -2.63. The van der Waals surface area contributed by atoms with Crippen molar-refractivity contribution in [2.75, 3.05) is 38.7 Å². The second kappa shape index (κ2) is 5.96. The van der Waals surface area contributed by atoms with Gasteiger partial charge in [0.25, 0.3) is 5.91 Å². The number of carbonyl (C=O) groups is 2. The monoisotopic (exact) mass is 373 g/mol. The standard InChI is InChI=1S/C13H19N5O4S2/c1-8-11(23-15-14-8)12(19)17-4-5-18(13(20)16(2)3)10-7-24(21,22)6-9(10)17/h9-10H,4-7H2,1-3H3/t9-,10+/m0/s1. The van der Waals surface area contributed by atoms with Crippen LogP contribution in [0.3, 0.4) is 0 Å². The van der Waals surface area contributed by atoms with Crippen molar-refractivity contribution in [1.29, 1.82) is 0 Å². The molecule has 0 aliphatic carbocycles. The minimum Gasteiger partial charge on any atom is -0.331 e. The van der Waals surface area contributed by atoms with E-state index in [1.165, 1.54) is 4.90 Å². The van der Waals surface area contributed by atoms with Crippen molar-refractivity contribution in [3.05, 3.63) is 10.6 Å². The van der Waals surface area contributed by atoms with Crippen molar-refractivity contribution < 1.29 is 18.0 Å². The first kappa shape index (κ1) is 17.1. The van der Waals surface area contributed by atoms with Gasteiger partial charge in [0.05, 0.1) is 29.3 Å². The first-order chi connectivity index (χ1) is 11.2. The molecule has 2 fully saturated rings. The van der Waals surface area contributed by atoms with Crippen LogP contribution in [0.1, 0.15) is 15.4 Å². The van der Waals surface area contributed by atoms with Gasteiger partial charge < -0.3 is 14.7 Å². The largest absolute Gasteiger partial charge is 0.331 e. The third kappa shape index (κ3) is 2.86. The first-order valence-electron chi connectivity index (χ1n) is 7.49. The van der Waals surface area contributed by atoms with Crippen LogP contribution in [0.25, 0.3) is 0 Å². The fourth-order valence-electron chi connectivity index (χ4n) is 3.26. The number of urea groups is 1. The van der Waals surface area contributed by atoms with Gasteiger partial charge >= 0.3 is 6.03 Å². The third-order valence-corrected chi connectivity index (χ3v) is 6.93. The van der Waals surface area contributed by atoms with Crippen molar-refractivity contribution in [3.63, 3.8) is 0 Å². The number of rotatable bonds is 1. The van der Waals surface area contributed by atoms with E-state index in [1.807, 2.05) is 0 Å². The highest BCUT2D eigenvalue weighted by Crippen LogP contribution is 2.29. The summed E-state index contributed by atoms with van der Waals surface area (Å²) in [5.41, 5.74) is 0.536. The van der Waals surface area contributed by atoms with E-state index in [4.69, 9.17) is 0 Å². The van der Waals surface area contributed by atoms with Gasteiger partial charge in [-0.25, -0.2) is 13.2 Å². The fraction of sp³-hybridized carbons (Fsp3) is 0.692. The van der Waals surface area contributed by atoms with Crippen LogP contribution in [0, 0.1) is 6.92 Å². The predicted molar refractivity (Wildman–Crippen MR) is 87.7 cm³/mol. The fourth-order valence-corrected chi connectivity index (χ4v) is 5.85. The predicted octanol–water partition coefficient (Wildman–Crippen LogP) is -0.548. The average molecular weight is 373 g/mol. The maximum Gasteiger partial charge on any atom is 0.319 e. The van der Waals surface area contributed by atoms with Crippen LogP contribution in [0.2, 0.25) is 0 Å². The Balaban J connectivity index is 1.91. The Morgan fingerprint density at radius 3 is 2.29 bits per heavy atom. The smallest absolute Gasteiger partial charge is 0.319 e. The summed E-state index contributed by atoms with van der Waals surface area (Å²) >= 11 is 1.01. The van der Waals surface area contributed by atoms with Gasteiger partial charge in [-0.3, -0.25) is 4.79 Å². The van der Waals surface area contributed by atoms with Gasteiger partial charge in [-0.15, -0.1) is 5.10 Å². The number of piperazine rings is 1. The highest BCUT2D eigenvalue weighted by atomic mass is 32.2. The molecule has 9 nitrogen and oxygen atoms in total. The Morgan fingerprint density at radius 1 is 1.17 bits per heavy atom. The molecule has 0 aromatic carbocycles. The summed E-state index contributed by atoms with van der Waals surface area (Å²) in [5.74, 6) is -0.487. The number of sulfone groups is 1. The van der Waals surface area contributed by atoms with Crippen LogP contribution in [0.15, 0.2) is 0 Å². The SMILES string of the molecule is Cc1nnsc1C(=O)N1CCN(C(=O)N(C)C)[C@@H]2CS(=O)(=O)C[C@@H]21. The molecule has 1 aromatic rings. The van der Waals surface area contributed by atoms with Gasteiger partial charge in [0, 0.05) is 27.2 Å². The minimum absolute atomic E-state index is 0.110. The summed E-state index contributed by atoms with van der Waals surface area (Å²) in [6.45, 7) is 2.31. The van der Waals surface area contributed by atoms with Crippen LogP contribution in [0.5, 0.6) is 0 Å². The zero-order chi connectivity index (χ0) is 17.6. The highest BCUT2D eigenvalue weighted by molar-refractivity contribution is 7.91. The quantitative estimate of drug-likeness (QED) is 0.654. The summed E-state index contributed by atoms with van der Waals surface area (Å²) in [7, 11) is -0.0412. The Labute approximate surface area is 144 Å². The average Bonchev–Trinajstić information content (AvgIpc) is 3.06.